The number of aryl methyl sites for hydroxylation is 2. The van der Waals surface area contributed by atoms with E-state index in [1.165, 1.54) is 20.8 Å². The van der Waals surface area contributed by atoms with Gasteiger partial charge in [-0.25, -0.2) is 19.9 Å². The van der Waals surface area contributed by atoms with Crippen LogP contribution >= 0.6 is 136 Å². The number of phenols is 1. The number of phenolic OH excluding ortho intramolecular Hbond substituents is 1. The molecule has 0 aliphatic carbocycles. The topological polar surface area (TPSA) is 176 Å². The van der Waals surface area contributed by atoms with Crippen molar-refractivity contribution >= 4 is 187 Å². The summed E-state index contributed by atoms with van der Waals surface area (Å²) in [5.41, 5.74) is 7.85. The number of carbonyl (C=O) groups is 3. The summed E-state index contributed by atoms with van der Waals surface area (Å²) in [7, 11) is 0. The first-order chi connectivity index (χ1) is 29.5. The van der Waals surface area contributed by atoms with Crippen molar-refractivity contribution in [2.75, 3.05) is 2.41 Å². The third kappa shape index (κ3) is 15.1. The summed E-state index contributed by atoms with van der Waals surface area (Å²) >= 11 is 22.8. The number of halogens is 7. The van der Waals surface area contributed by atoms with E-state index in [1.807, 2.05) is 163 Å². The second-order valence-corrected chi connectivity index (χ2v) is 25.9. The smallest absolute Gasteiger partial charge is 0.310 e. The highest BCUT2D eigenvalue weighted by atomic mass is 127. The lowest BCUT2D eigenvalue weighted by molar-refractivity contribution is -0.156. The zero-order valence-electron chi connectivity index (χ0n) is 34.4. The van der Waals surface area contributed by atoms with Gasteiger partial charge < -0.3 is 14.6 Å². The molecule has 0 bridgehead atoms. The first-order valence-electron chi connectivity index (χ1n) is 18.2. The molecule has 0 spiro atoms. The quantitative estimate of drug-likeness (QED) is 0.0443. The predicted octanol–water partition coefficient (Wildman–Crippen LogP) is 11.9. The summed E-state index contributed by atoms with van der Waals surface area (Å²) in [5, 5.41) is 20.6. The van der Waals surface area contributed by atoms with E-state index in [0.29, 0.717) is 27.4 Å². The first-order valence-corrected chi connectivity index (χ1v) is 23.6. The van der Waals surface area contributed by atoms with Gasteiger partial charge in [-0.3, -0.25) is 14.4 Å². The van der Waals surface area contributed by atoms with Crippen molar-refractivity contribution in [3.05, 3.63) is 107 Å². The number of esters is 3. The second kappa shape index (κ2) is 24.3. The molecule has 0 radical (unpaired) electrons. The third-order valence-electron chi connectivity index (χ3n) is 7.56. The average molecular weight is 1430 g/mol. The van der Waals surface area contributed by atoms with E-state index in [-0.39, 0.29) is 14.0 Å². The summed E-state index contributed by atoms with van der Waals surface area (Å²) in [6, 6.07) is 21.6. The number of hydrogen-bond donors (Lipinski definition) is 1. The molecule has 318 valence electrons. The van der Waals surface area contributed by atoms with Gasteiger partial charge in [0.1, 0.15) is 21.7 Å². The molecular weight excluding hydrogens is 1390 g/mol. The van der Waals surface area contributed by atoms with Gasteiger partial charge in [-0.1, -0.05) is 160 Å². The van der Waals surface area contributed by atoms with Gasteiger partial charge in [0.25, 0.3) is 0 Å². The van der Waals surface area contributed by atoms with Gasteiger partial charge in [0.05, 0.1) is 15.2 Å². The molecule has 6 aromatic heterocycles. The molecule has 6 heterocycles. The van der Waals surface area contributed by atoms with Gasteiger partial charge in [-0.05, 0) is 61.4 Å². The molecule has 14 nitrogen and oxygen atoms in total. The number of benzene rings is 2. The Kier molecular flexibility index (Phi) is 18.9. The number of alkyl halides is 5. The standard InChI is InChI=1S/C18H13ClN4O2.C16H11ClN4O.C4H6O3.CHI3.CH2I2/c1-10-7-16-20-9-13-8-15(17(19)21-18(13)23(16)22-10)12-3-5-14(6-4-12)25-11(2)24;1-9-6-14-18-8-11-7-13(10-2-4-12(22)5-3-10)15(17)19-16(11)21(14)20-9;1-3(5)7-4(2)6;2-1(3)4;2-1-3/h3-9H,1-2H3;2-8,22H,1H3;1-2H3;1H;1H2/i;;;2*1D. The summed E-state index contributed by atoms with van der Waals surface area (Å²) < 4.78 is 25.5. The number of hydrogen-bond acceptors (Lipinski definition) is 12. The van der Waals surface area contributed by atoms with E-state index in [9.17, 15) is 19.5 Å². The number of pyridine rings is 2. The van der Waals surface area contributed by atoms with Crippen molar-refractivity contribution in [1.29, 1.82) is 0 Å². The van der Waals surface area contributed by atoms with E-state index < -0.39 is 11.9 Å². The van der Waals surface area contributed by atoms with Crippen molar-refractivity contribution in [3.63, 3.8) is 0 Å². The number of fused-ring (bicyclic) bond motifs is 6. The number of aromatic nitrogens is 8. The largest absolute Gasteiger partial charge is 0.508 e. The average Bonchev–Trinajstić information content (AvgIpc) is 3.75. The first kappa shape index (κ1) is 47.6. The Morgan fingerprint density at radius 1 is 0.721 bits per heavy atom. The van der Waals surface area contributed by atoms with Crippen molar-refractivity contribution in [1.82, 2.24) is 39.2 Å². The lowest BCUT2D eigenvalue weighted by atomic mass is 10.1. The van der Waals surface area contributed by atoms with E-state index in [4.69, 9.17) is 30.7 Å². The number of carbonyl (C=O) groups excluding carboxylic acids is 3. The van der Waals surface area contributed by atoms with Crippen molar-refractivity contribution in [2.24, 2.45) is 0 Å². The van der Waals surface area contributed by atoms with Crippen LogP contribution in [-0.2, 0) is 19.1 Å². The Balaban J connectivity index is 0.000000208. The molecule has 0 saturated carbocycles. The Bertz CT molecular complexity index is 2880. The number of nitrogens with zero attached hydrogens (tertiary/aromatic N) is 8. The lowest BCUT2D eigenvalue weighted by Gasteiger charge is -2.08. The van der Waals surface area contributed by atoms with Crippen LogP contribution in [0.5, 0.6) is 11.5 Å². The zero-order chi connectivity index (χ0) is 46.8. The minimum Gasteiger partial charge on any atom is -0.508 e. The Morgan fingerprint density at radius 3 is 1.44 bits per heavy atom. The fourth-order valence-corrected chi connectivity index (χ4v) is 5.87. The van der Waals surface area contributed by atoms with Crippen LogP contribution in [0.2, 0.25) is 10.3 Å². The maximum absolute atomic E-state index is 11.0. The summed E-state index contributed by atoms with van der Waals surface area (Å²) in [6.07, 6.45) is 3.52. The maximum Gasteiger partial charge on any atom is 0.310 e. The molecule has 8 aromatic rings. The van der Waals surface area contributed by atoms with Gasteiger partial charge >= 0.3 is 17.9 Å². The minimum atomic E-state index is -0.562. The summed E-state index contributed by atoms with van der Waals surface area (Å²) in [4.78, 5) is 48.4. The van der Waals surface area contributed by atoms with Gasteiger partial charge in [-0.15, -0.1) is 0 Å². The molecule has 0 atom stereocenters. The van der Waals surface area contributed by atoms with E-state index in [0.717, 1.165) is 55.7 Å². The molecule has 0 unspecified atom stereocenters. The molecule has 0 aliphatic rings. The van der Waals surface area contributed by atoms with Crippen LogP contribution in [0, 0.1) is 13.8 Å². The molecule has 0 amide bonds. The molecule has 21 heteroatoms. The second-order valence-electron chi connectivity index (χ2n) is 12.2. The monoisotopic (exact) mass is 1430 g/mol. The molecule has 1 N–H and O–H groups in total. The number of ether oxygens (including phenoxy) is 2. The lowest BCUT2D eigenvalue weighted by Crippen LogP contribution is -2.03. The van der Waals surface area contributed by atoms with Crippen LogP contribution in [0.1, 0.15) is 34.9 Å². The number of rotatable bonds is 3. The number of aromatic hydroxyl groups is 1. The summed E-state index contributed by atoms with van der Waals surface area (Å²) in [5.74, 6) is -0.789. The molecule has 0 fully saturated rings. The van der Waals surface area contributed by atoms with Crippen LogP contribution in [0.15, 0.2) is 85.2 Å². The van der Waals surface area contributed by atoms with Crippen molar-refractivity contribution < 1.29 is 31.7 Å². The Hall–Kier alpha value is -2.86. The van der Waals surface area contributed by atoms with Crippen LogP contribution in [0.25, 0.3) is 55.6 Å². The van der Waals surface area contributed by atoms with E-state index >= 15 is 0 Å². The van der Waals surface area contributed by atoms with Gasteiger partial charge in [-0.2, -0.15) is 19.2 Å². The van der Waals surface area contributed by atoms with Crippen molar-refractivity contribution in [3.8, 4) is 33.8 Å². The van der Waals surface area contributed by atoms with E-state index in [2.05, 4.69) is 34.9 Å². The highest BCUT2D eigenvalue weighted by Crippen LogP contribution is 2.32. The molecule has 0 aliphatic heterocycles. The van der Waals surface area contributed by atoms with Crippen LogP contribution < -0.4 is 4.74 Å². The Labute approximate surface area is 430 Å². The molecule has 61 heavy (non-hydrogen) atoms. The molecule has 8 rings (SSSR count). The van der Waals surface area contributed by atoms with Gasteiger partial charge in [0, 0.05) is 68.6 Å². The SMILES string of the molecule is CC(=O)OC(C)=O.CC(=O)Oc1ccc(-c2cc3cnc4cc(C)nn4c3nc2Cl)cc1.Cc1cc2ncc3cc(-c4ccc(O)cc4)c(Cl)nc3n2n1.[2H]C(I)(I)I.[2H]C(I)I. The fraction of sp³-hybridized carbons (Fsp3) is 0.175. The molecule has 2 aromatic carbocycles. The van der Waals surface area contributed by atoms with Crippen LogP contribution in [0.3, 0.4) is 0 Å². The fourth-order valence-electron chi connectivity index (χ4n) is 5.38. The third-order valence-corrected chi connectivity index (χ3v) is 8.14. The zero-order valence-corrected chi connectivity index (χ0v) is 44.7. The van der Waals surface area contributed by atoms with Crippen LogP contribution in [-0.4, -0.2) is 64.5 Å². The molecular formula is C40H33Cl2I5N8O6. The maximum atomic E-state index is 11.0. The highest BCUT2D eigenvalue weighted by molar-refractivity contribution is 14.3. The van der Waals surface area contributed by atoms with E-state index in [1.54, 1.807) is 57.8 Å². The minimum absolute atomic E-state index is 0.0233. The Morgan fingerprint density at radius 2 is 1.10 bits per heavy atom. The van der Waals surface area contributed by atoms with Gasteiger partial charge in [0.15, 0.2) is 22.6 Å². The van der Waals surface area contributed by atoms with Crippen molar-refractivity contribution in [2.45, 2.75) is 34.5 Å². The normalized spacial score (nSPS) is 11.2. The highest BCUT2D eigenvalue weighted by Gasteiger charge is 2.14. The predicted molar refractivity (Wildman–Crippen MR) is 281 cm³/mol. The van der Waals surface area contributed by atoms with Gasteiger partial charge in [0.2, 0.25) is 0 Å². The summed E-state index contributed by atoms with van der Waals surface area (Å²) in [6.45, 7) is 7.54. The molecule has 0 saturated heterocycles. The van der Waals surface area contributed by atoms with Crippen LogP contribution in [0.4, 0.5) is 0 Å².